The number of aliphatic hydroxyl groups is 1. The minimum atomic E-state index is 0.297. The number of hydrogen-bond donors (Lipinski definition) is 2. The van der Waals surface area contributed by atoms with Crippen molar-refractivity contribution in [2.24, 2.45) is 5.92 Å². The maximum Gasteiger partial charge on any atom is 0.0476 e. The lowest BCUT2D eigenvalue weighted by Crippen LogP contribution is -2.37. The van der Waals surface area contributed by atoms with Gasteiger partial charge in [0.2, 0.25) is 0 Å². The van der Waals surface area contributed by atoms with Gasteiger partial charge in [0.25, 0.3) is 0 Å². The Morgan fingerprint density at radius 1 is 1.50 bits per heavy atom. The van der Waals surface area contributed by atoms with Crippen LogP contribution in [0.2, 0.25) is 0 Å². The number of piperidine rings is 1. The molecule has 1 heterocycles. The lowest BCUT2D eigenvalue weighted by molar-refractivity contribution is 0.208. The van der Waals surface area contributed by atoms with Crippen LogP contribution >= 0.6 is 15.9 Å². The molecule has 1 aromatic rings. The minimum Gasteiger partial charge on any atom is -0.396 e. The van der Waals surface area contributed by atoms with E-state index in [1.807, 2.05) is 0 Å². The number of aliphatic hydroxyl groups excluding tert-OH is 1. The highest BCUT2D eigenvalue weighted by molar-refractivity contribution is 9.10. The SMILES string of the molecule is CCNC(C)c1cc(Br)ccc1N1CCCC(CO)C1. The fraction of sp³-hybridized carbons (Fsp3) is 0.625. The average Bonchev–Trinajstić information content (AvgIpc) is 2.47. The number of rotatable bonds is 5. The molecule has 0 aromatic heterocycles. The Morgan fingerprint density at radius 3 is 3.00 bits per heavy atom. The van der Waals surface area contributed by atoms with Crippen molar-refractivity contribution >= 4 is 21.6 Å². The van der Waals surface area contributed by atoms with Crippen LogP contribution in [0.3, 0.4) is 0 Å². The molecule has 0 amide bonds. The second-order valence-electron chi connectivity index (χ2n) is 5.62. The highest BCUT2D eigenvalue weighted by Gasteiger charge is 2.22. The van der Waals surface area contributed by atoms with E-state index in [2.05, 4.69) is 58.2 Å². The number of halogens is 1. The molecular weight excluding hydrogens is 316 g/mol. The number of anilines is 1. The number of nitrogens with one attached hydrogen (secondary N) is 1. The van der Waals surface area contributed by atoms with Crippen molar-refractivity contribution in [1.29, 1.82) is 0 Å². The summed E-state index contributed by atoms with van der Waals surface area (Å²) in [4.78, 5) is 2.43. The van der Waals surface area contributed by atoms with Crippen molar-refractivity contribution < 1.29 is 5.11 Å². The normalized spacial score (nSPS) is 21.0. The Kier molecular flexibility index (Phi) is 5.87. The molecular formula is C16H25BrN2O. The molecule has 0 bridgehead atoms. The van der Waals surface area contributed by atoms with Gasteiger partial charge in [-0.1, -0.05) is 22.9 Å². The van der Waals surface area contributed by atoms with Gasteiger partial charge < -0.3 is 15.3 Å². The quantitative estimate of drug-likeness (QED) is 0.862. The molecule has 2 unspecified atom stereocenters. The van der Waals surface area contributed by atoms with Crippen molar-refractivity contribution in [1.82, 2.24) is 5.32 Å². The van der Waals surface area contributed by atoms with Gasteiger partial charge in [-0.25, -0.2) is 0 Å². The molecule has 112 valence electrons. The van der Waals surface area contributed by atoms with Crippen LogP contribution in [0.5, 0.6) is 0 Å². The van der Waals surface area contributed by atoms with Gasteiger partial charge in [-0.15, -0.1) is 0 Å². The van der Waals surface area contributed by atoms with Crippen LogP contribution in [0.4, 0.5) is 5.69 Å². The Morgan fingerprint density at radius 2 is 2.30 bits per heavy atom. The molecule has 1 aliphatic heterocycles. The molecule has 3 nitrogen and oxygen atoms in total. The van der Waals surface area contributed by atoms with Crippen LogP contribution in [0.15, 0.2) is 22.7 Å². The largest absolute Gasteiger partial charge is 0.396 e. The lowest BCUT2D eigenvalue weighted by Gasteiger charge is -2.36. The highest BCUT2D eigenvalue weighted by atomic mass is 79.9. The fourth-order valence-corrected chi connectivity index (χ4v) is 3.39. The maximum absolute atomic E-state index is 9.42. The van der Waals surface area contributed by atoms with E-state index in [0.29, 0.717) is 18.6 Å². The summed E-state index contributed by atoms with van der Waals surface area (Å²) in [7, 11) is 0. The third-order valence-corrected chi connectivity index (χ3v) is 4.58. The zero-order valence-corrected chi connectivity index (χ0v) is 14.0. The van der Waals surface area contributed by atoms with Gasteiger partial charge in [-0.3, -0.25) is 0 Å². The second-order valence-corrected chi connectivity index (χ2v) is 6.54. The molecule has 0 saturated carbocycles. The molecule has 2 N–H and O–H groups in total. The number of nitrogens with zero attached hydrogens (tertiary/aromatic N) is 1. The van der Waals surface area contributed by atoms with E-state index in [1.165, 1.54) is 11.3 Å². The molecule has 2 atom stereocenters. The first-order valence-corrected chi connectivity index (χ1v) is 8.33. The van der Waals surface area contributed by atoms with Crippen molar-refractivity contribution in [3.63, 3.8) is 0 Å². The van der Waals surface area contributed by atoms with Crippen LogP contribution in [0.25, 0.3) is 0 Å². The second kappa shape index (κ2) is 7.43. The Bertz CT molecular complexity index is 438. The first-order chi connectivity index (χ1) is 9.65. The summed E-state index contributed by atoms with van der Waals surface area (Å²) in [6.45, 7) is 7.66. The van der Waals surface area contributed by atoms with Crippen molar-refractivity contribution in [3.05, 3.63) is 28.2 Å². The topological polar surface area (TPSA) is 35.5 Å². The predicted octanol–water partition coefficient (Wildman–Crippen LogP) is 3.33. The molecule has 0 aliphatic carbocycles. The molecule has 20 heavy (non-hydrogen) atoms. The van der Waals surface area contributed by atoms with Crippen LogP contribution < -0.4 is 10.2 Å². The molecule has 1 aromatic carbocycles. The van der Waals surface area contributed by atoms with Gasteiger partial charge in [0.05, 0.1) is 0 Å². The monoisotopic (exact) mass is 340 g/mol. The van der Waals surface area contributed by atoms with Crippen LogP contribution in [0, 0.1) is 5.92 Å². The summed E-state index contributed by atoms with van der Waals surface area (Å²) in [6, 6.07) is 6.86. The Labute approximate surface area is 130 Å². The van der Waals surface area contributed by atoms with Gasteiger partial charge in [-0.2, -0.15) is 0 Å². The zero-order chi connectivity index (χ0) is 14.5. The first kappa shape index (κ1) is 15.8. The van der Waals surface area contributed by atoms with Gasteiger partial charge in [0.15, 0.2) is 0 Å². The Balaban J connectivity index is 2.25. The van der Waals surface area contributed by atoms with E-state index < -0.39 is 0 Å². The van der Waals surface area contributed by atoms with Crippen LogP contribution in [-0.2, 0) is 0 Å². The van der Waals surface area contributed by atoms with Crippen molar-refractivity contribution in [2.75, 3.05) is 31.1 Å². The van der Waals surface area contributed by atoms with Gasteiger partial charge in [0, 0.05) is 35.9 Å². The van der Waals surface area contributed by atoms with Gasteiger partial charge in [-0.05, 0) is 56.0 Å². The molecule has 4 heteroatoms. The molecule has 1 fully saturated rings. The van der Waals surface area contributed by atoms with Crippen LogP contribution in [0.1, 0.15) is 38.3 Å². The smallest absolute Gasteiger partial charge is 0.0476 e. The van der Waals surface area contributed by atoms with Gasteiger partial charge in [0.1, 0.15) is 0 Å². The highest BCUT2D eigenvalue weighted by Crippen LogP contribution is 2.32. The standard InChI is InChI=1S/C16H25BrN2O/c1-3-18-12(2)15-9-14(17)6-7-16(15)19-8-4-5-13(10-19)11-20/h6-7,9,12-13,18,20H,3-5,8,10-11H2,1-2H3. The van der Waals surface area contributed by atoms with E-state index in [4.69, 9.17) is 0 Å². The number of hydrogen-bond acceptors (Lipinski definition) is 3. The van der Waals surface area contributed by atoms with Crippen molar-refractivity contribution in [3.8, 4) is 0 Å². The Hall–Kier alpha value is -0.580. The lowest BCUT2D eigenvalue weighted by atomic mass is 9.96. The summed E-state index contributed by atoms with van der Waals surface area (Å²) >= 11 is 3.58. The summed E-state index contributed by atoms with van der Waals surface area (Å²) < 4.78 is 1.12. The summed E-state index contributed by atoms with van der Waals surface area (Å²) in [5.74, 6) is 0.412. The third kappa shape index (κ3) is 3.74. The molecule has 1 aliphatic rings. The van der Waals surface area contributed by atoms with E-state index in [-0.39, 0.29) is 0 Å². The first-order valence-electron chi connectivity index (χ1n) is 7.54. The summed E-state index contributed by atoms with van der Waals surface area (Å²) in [5.41, 5.74) is 2.64. The van der Waals surface area contributed by atoms with E-state index >= 15 is 0 Å². The number of benzene rings is 1. The third-order valence-electron chi connectivity index (χ3n) is 4.08. The maximum atomic E-state index is 9.42. The predicted molar refractivity (Wildman–Crippen MR) is 88.3 cm³/mol. The van der Waals surface area contributed by atoms with E-state index in [9.17, 15) is 5.11 Å². The molecule has 0 radical (unpaired) electrons. The van der Waals surface area contributed by atoms with E-state index in [0.717, 1.165) is 36.9 Å². The van der Waals surface area contributed by atoms with Crippen molar-refractivity contribution in [2.45, 2.75) is 32.7 Å². The summed E-state index contributed by atoms with van der Waals surface area (Å²) in [6.07, 6.45) is 2.30. The van der Waals surface area contributed by atoms with Gasteiger partial charge >= 0.3 is 0 Å². The summed E-state index contributed by atoms with van der Waals surface area (Å²) in [5, 5.41) is 12.9. The zero-order valence-electron chi connectivity index (χ0n) is 12.4. The molecule has 1 saturated heterocycles. The molecule has 0 spiro atoms. The average molecular weight is 341 g/mol. The van der Waals surface area contributed by atoms with E-state index in [1.54, 1.807) is 0 Å². The minimum absolute atomic E-state index is 0.297. The fourth-order valence-electron chi connectivity index (χ4n) is 3.01. The molecule has 2 rings (SSSR count). The van der Waals surface area contributed by atoms with Crippen LogP contribution in [-0.4, -0.2) is 31.3 Å².